The lowest BCUT2D eigenvalue weighted by Crippen LogP contribution is -2.47. The first-order valence-corrected chi connectivity index (χ1v) is 4.76. The predicted octanol–water partition coefficient (Wildman–Crippen LogP) is -0.670. The topological polar surface area (TPSA) is 102 Å². The third kappa shape index (κ3) is 6.03. The van der Waals surface area contributed by atoms with Crippen LogP contribution in [-0.2, 0) is 14.3 Å². The van der Waals surface area contributed by atoms with Gasteiger partial charge in [-0.3, -0.25) is 4.79 Å². The largest absolute Gasteiger partial charge is 0.480 e. The third-order valence-electron chi connectivity index (χ3n) is 1.87. The first-order valence-electron chi connectivity index (χ1n) is 4.76. The summed E-state index contributed by atoms with van der Waals surface area (Å²) in [5.74, 6) is -1.51. The normalized spacial score (nSPS) is 14.3. The van der Waals surface area contributed by atoms with Crippen LogP contribution in [0.15, 0.2) is 0 Å². The standard InChI is InChI=1S/C9H18N2O4/c1-6(10)8(12)11-7(9(13)14)4-3-5-15-2/h6-7H,3-5,10H2,1-2H3,(H,11,12)(H,13,14). The lowest BCUT2D eigenvalue weighted by Gasteiger charge is -2.15. The number of carboxylic acids is 1. The molecule has 0 aliphatic heterocycles. The molecule has 6 heteroatoms. The van der Waals surface area contributed by atoms with Gasteiger partial charge in [0.25, 0.3) is 0 Å². The number of ether oxygens (including phenoxy) is 1. The molecule has 0 aromatic heterocycles. The Morgan fingerprint density at radius 3 is 2.53 bits per heavy atom. The minimum Gasteiger partial charge on any atom is -0.480 e. The summed E-state index contributed by atoms with van der Waals surface area (Å²) in [7, 11) is 1.54. The Hall–Kier alpha value is -1.14. The number of hydrogen-bond acceptors (Lipinski definition) is 4. The molecule has 1 amide bonds. The highest BCUT2D eigenvalue weighted by atomic mass is 16.5. The molecule has 0 saturated carbocycles. The summed E-state index contributed by atoms with van der Waals surface area (Å²) in [5.41, 5.74) is 5.31. The highest BCUT2D eigenvalue weighted by molar-refractivity contribution is 5.86. The van der Waals surface area contributed by atoms with Gasteiger partial charge in [-0.05, 0) is 19.8 Å². The van der Waals surface area contributed by atoms with Crippen molar-refractivity contribution in [1.82, 2.24) is 5.32 Å². The zero-order valence-electron chi connectivity index (χ0n) is 9.03. The maximum Gasteiger partial charge on any atom is 0.326 e. The maximum atomic E-state index is 11.2. The Labute approximate surface area is 88.8 Å². The Morgan fingerprint density at radius 2 is 2.13 bits per heavy atom. The van der Waals surface area contributed by atoms with E-state index < -0.39 is 24.0 Å². The lowest BCUT2D eigenvalue weighted by atomic mass is 10.1. The van der Waals surface area contributed by atoms with Crippen LogP contribution in [0.4, 0.5) is 0 Å². The molecule has 0 rings (SSSR count). The third-order valence-corrected chi connectivity index (χ3v) is 1.87. The van der Waals surface area contributed by atoms with Crippen molar-refractivity contribution in [2.75, 3.05) is 13.7 Å². The summed E-state index contributed by atoms with van der Waals surface area (Å²) >= 11 is 0. The van der Waals surface area contributed by atoms with E-state index in [2.05, 4.69) is 5.32 Å². The monoisotopic (exact) mass is 218 g/mol. The minimum absolute atomic E-state index is 0.335. The van der Waals surface area contributed by atoms with E-state index in [1.54, 1.807) is 0 Å². The molecule has 15 heavy (non-hydrogen) atoms. The molecule has 0 aromatic carbocycles. The van der Waals surface area contributed by atoms with Crippen LogP contribution < -0.4 is 11.1 Å². The van der Waals surface area contributed by atoms with Gasteiger partial charge in [0.05, 0.1) is 6.04 Å². The highest BCUT2D eigenvalue weighted by Gasteiger charge is 2.20. The van der Waals surface area contributed by atoms with E-state index in [4.69, 9.17) is 15.6 Å². The number of aliphatic carboxylic acids is 1. The number of carbonyl (C=O) groups excluding carboxylic acids is 1. The first kappa shape index (κ1) is 13.9. The van der Waals surface area contributed by atoms with E-state index in [9.17, 15) is 9.59 Å². The smallest absolute Gasteiger partial charge is 0.326 e. The van der Waals surface area contributed by atoms with Crippen molar-refractivity contribution in [3.8, 4) is 0 Å². The van der Waals surface area contributed by atoms with Crippen molar-refractivity contribution >= 4 is 11.9 Å². The molecule has 0 heterocycles. The predicted molar refractivity (Wildman–Crippen MR) is 54.3 cm³/mol. The number of nitrogens with one attached hydrogen (secondary N) is 1. The van der Waals surface area contributed by atoms with E-state index in [1.165, 1.54) is 14.0 Å². The number of rotatable bonds is 7. The Balaban J connectivity index is 4.05. The number of carboxylic acid groups (broad SMARTS) is 1. The van der Waals surface area contributed by atoms with Gasteiger partial charge in [0.15, 0.2) is 0 Å². The van der Waals surface area contributed by atoms with Gasteiger partial charge in [-0.1, -0.05) is 0 Å². The van der Waals surface area contributed by atoms with Crippen LogP contribution >= 0.6 is 0 Å². The molecule has 0 fully saturated rings. The van der Waals surface area contributed by atoms with E-state index in [1.807, 2.05) is 0 Å². The summed E-state index contributed by atoms with van der Waals surface area (Å²) in [5, 5.41) is 11.2. The highest BCUT2D eigenvalue weighted by Crippen LogP contribution is 1.98. The van der Waals surface area contributed by atoms with Crippen molar-refractivity contribution in [3.63, 3.8) is 0 Å². The molecule has 0 aromatic rings. The van der Waals surface area contributed by atoms with Gasteiger partial charge in [-0.25, -0.2) is 4.79 Å². The van der Waals surface area contributed by atoms with Gasteiger partial charge in [0.1, 0.15) is 6.04 Å². The average Bonchev–Trinajstić information content (AvgIpc) is 2.15. The zero-order valence-corrected chi connectivity index (χ0v) is 9.03. The van der Waals surface area contributed by atoms with E-state index in [0.29, 0.717) is 19.4 Å². The maximum absolute atomic E-state index is 11.2. The zero-order chi connectivity index (χ0) is 11.8. The Kier molecular flexibility index (Phi) is 6.64. The summed E-state index contributed by atoms with van der Waals surface area (Å²) in [4.78, 5) is 21.9. The van der Waals surface area contributed by atoms with Crippen LogP contribution in [-0.4, -0.2) is 42.8 Å². The second-order valence-electron chi connectivity index (χ2n) is 3.32. The Bertz CT molecular complexity index is 218. The summed E-state index contributed by atoms with van der Waals surface area (Å²) in [6.45, 7) is 1.97. The SMILES string of the molecule is COCCCC(NC(=O)C(C)N)C(=O)O. The molecule has 0 bridgehead atoms. The van der Waals surface area contributed by atoms with Crippen molar-refractivity contribution in [3.05, 3.63) is 0 Å². The lowest BCUT2D eigenvalue weighted by molar-refractivity contribution is -0.142. The first-order chi connectivity index (χ1) is 6.99. The van der Waals surface area contributed by atoms with Gasteiger partial charge in [-0.15, -0.1) is 0 Å². The molecule has 2 unspecified atom stereocenters. The fourth-order valence-corrected chi connectivity index (χ4v) is 0.992. The van der Waals surface area contributed by atoms with Crippen molar-refractivity contribution in [2.45, 2.75) is 31.8 Å². The molecule has 0 aliphatic carbocycles. The number of hydrogen-bond donors (Lipinski definition) is 3. The number of carbonyl (C=O) groups is 2. The Morgan fingerprint density at radius 1 is 1.53 bits per heavy atom. The average molecular weight is 218 g/mol. The van der Waals surface area contributed by atoms with Gasteiger partial charge >= 0.3 is 5.97 Å². The van der Waals surface area contributed by atoms with Crippen molar-refractivity contribution < 1.29 is 19.4 Å². The summed E-state index contributed by atoms with van der Waals surface area (Å²) in [6, 6.07) is -1.59. The van der Waals surface area contributed by atoms with E-state index in [0.717, 1.165) is 0 Å². The van der Waals surface area contributed by atoms with E-state index >= 15 is 0 Å². The molecule has 2 atom stereocenters. The fourth-order valence-electron chi connectivity index (χ4n) is 0.992. The van der Waals surface area contributed by atoms with Crippen LogP contribution in [0.25, 0.3) is 0 Å². The molecule has 0 radical (unpaired) electrons. The number of nitrogens with two attached hydrogens (primary N) is 1. The van der Waals surface area contributed by atoms with E-state index in [-0.39, 0.29) is 0 Å². The van der Waals surface area contributed by atoms with Crippen LogP contribution in [0.2, 0.25) is 0 Å². The van der Waals surface area contributed by atoms with Crippen LogP contribution in [0, 0.1) is 0 Å². The second-order valence-corrected chi connectivity index (χ2v) is 3.32. The second kappa shape index (κ2) is 7.19. The van der Waals surface area contributed by atoms with Gasteiger partial charge < -0.3 is 20.9 Å². The molecule has 0 spiro atoms. The van der Waals surface area contributed by atoms with Gasteiger partial charge in [0.2, 0.25) is 5.91 Å². The van der Waals surface area contributed by atoms with Crippen molar-refractivity contribution in [1.29, 1.82) is 0 Å². The molecule has 6 nitrogen and oxygen atoms in total. The van der Waals surface area contributed by atoms with Crippen LogP contribution in [0.5, 0.6) is 0 Å². The molecule has 0 saturated heterocycles. The molecule has 0 aliphatic rings. The fraction of sp³-hybridized carbons (Fsp3) is 0.778. The summed E-state index contributed by atoms with van der Waals surface area (Å²) in [6.07, 6.45) is 0.911. The molecular formula is C9H18N2O4. The molecular weight excluding hydrogens is 200 g/mol. The van der Waals surface area contributed by atoms with Crippen molar-refractivity contribution in [2.24, 2.45) is 5.73 Å². The number of methoxy groups -OCH3 is 1. The van der Waals surface area contributed by atoms with Crippen LogP contribution in [0.1, 0.15) is 19.8 Å². The minimum atomic E-state index is -1.06. The quantitative estimate of drug-likeness (QED) is 0.492. The van der Waals surface area contributed by atoms with Crippen LogP contribution in [0.3, 0.4) is 0 Å². The van der Waals surface area contributed by atoms with Gasteiger partial charge in [0, 0.05) is 13.7 Å². The molecule has 4 N–H and O–H groups in total. The number of amides is 1. The van der Waals surface area contributed by atoms with Gasteiger partial charge in [-0.2, -0.15) is 0 Å². The molecule has 88 valence electrons. The summed E-state index contributed by atoms with van der Waals surface area (Å²) < 4.78 is 4.79.